The zero-order valence-corrected chi connectivity index (χ0v) is 25.1. The normalized spacial score (nSPS) is 25.3. The number of nitrogens with two attached hydrogens (primary N) is 1. The molecule has 15 heteroatoms. The number of nitrogen functional groups attached to an aromatic ring is 1. The second kappa shape index (κ2) is 9.91. The lowest BCUT2D eigenvalue weighted by molar-refractivity contribution is 0.0205. The first kappa shape index (κ1) is 28.8. The molecule has 4 aliphatic rings. The summed E-state index contributed by atoms with van der Waals surface area (Å²) in [5.41, 5.74) is 4.96. The molecule has 0 unspecified atom stereocenters. The topological polar surface area (TPSA) is 101 Å². The lowest BCUT2D eigenvalue weighted by Crippen LogP contribution is -2.43. The lowest BCUT2D eigenvalue weighted by atomic mass is 9.95. The van der Waals surface area contributed by atoms with Crippen LogP contribution in [0.15, 0.2) is 12.1 Å². The third-order valence-electron chi connectivity index (χ3n) is 9.44. The molecule has 4 aliphatic heterocycles. The number of thiophene rings is 1. The molecule has 234 valence electrons. The molecule has 2 N–H and O–H groups in total. The van der Waals surface area contributed by atoms with Crippen LogP contribution in [0, 0.1) is 23.0 Å². The first-order chi connectivity index (χ1) is 21.5. The Bertz CT molecular complexity index is 1970. The predicted molar refractivity (Wildman–Crippen MR) is 159 cm³/mol. The number of alkyl halides is 3. The Morgan fingerprint density at radius 1 is 1.22 bits per heavy atom. The van der Waals surface area contributed by atoms with E-state index < -0.39 is 48.3 Å². The molecule has 2 aromatic heterocycles. The summed E-state index contributed by atoms with van der Waals surface area (Å²) in [6.07, 6.45) is 0.301. The maximum atomic E-state index is 16.9. The van der Waals surface area contributed by atoms with Gasteiger partial charge in [0.05, 0.1) is 38.8 Å². The molecular formula is C30H24ClF5N6O2S. The maximum absolute atomic E-state index is 16.9. The molecule has 0 radical (unpaired) electrons. The van der Waals surface area contributed by atoms with Gasteiger partial charge in [-0.2, -0.15) is 15.2 Å². The van der Waals surface area contributed by atoms with E-state index in [1.165, 1.54) is 11.0 Å². The van der Waals surface area contributed by atoms with E-state index >= 15 is 4.39 Å². The van der Waals surface area contributed by atoms with E-state index in [1.54, 1.807) is 0 Å². The van der Waals surface area contributed by atoms with E-state index in [1.807, 2.05) is 11.0 Å². The van der Waals surface area contributed by atoms with E-state index in [-0.39, 0.29) is 84.9 Å². The van der Waals surface area contributed by atoms with Gasteiger partial charge < -0.3 is 20.1 Å². The number of nitrogens with zero attached hydrogens (tertiary/aromatic N) is 5. The zero-order valence-electron chi connectivity index (χ0n) is 23.5. The van der Waals surface area contributed by atoms with Crippen LogP contribution in [0.5, 0.6) is 11.8 Å². The summed E-state index contributed by atoms with van der Waals surface area (Å²) in [7, 11) is 0. The Kier molecular flexibility index (Phi) is 6.34. The van der Waals surface area contributed by atoms with Crippen LogP contribution < -0.4 is 20.1 Å². The van der Waals surface area contributed by atoms with Crippen molar-refractivity contribution in [2.45, 2.75) is 49.4 Å². The molecule has 3 fully saturated rings. The Balaban J connectivity index is 1.35. The first-order valence-electron chi connectivity index (χ1n) is 14.4. The van der Waals surface area contributed by atoms with Crippen molar-refractivity contribution in [3.8, 4) is 29.0 Å². The summed E-state index contributed by atoms with van der Waals surface area (Å²) in [4.78, 5) is 12.3. The number of rotatable bonds is 4. The van der Waals surface area contributed by atoms with Crippen molar-refractivity contribution < 1.29 is 31.4 Å². The minimum atomic E-state index is -3.05. The minimum absolute atomic E-state index is 0.0113. The summed E-state index contributed by atoms with van der Waals surface area (Å²) in [6, 6.07) is 3.30. The Labute approximate surface area is 262 Å². The molecule has 0 bridgehead atoms. The number of halogens is 6. The van der Waals surface area contributed by atoms with Crippen LogP contribution in [-0.4, -0.2) is 71.4 Å². The molecule has 2 aromatic carbocycles. The van der Waals surface area contributed by atoms with Gasteiger partial charge in [-0.1, -0.05) is 17.7 Å². The number of nitriles is 1. The number of hydrogen-bond acceptors (Lipinski definition) is 9. The van der Waals surface area contributed by atoms with Crippen LogP contribution in [0.25, 0.3) is 32.1 Å². The van der Waals surface area contributed by atoms with Gasteiger partial charge in [-0.05, 0) is 31.0 Å². The van der Waals surface area contributed by atoms with Gasteiger partial charge in [0.25, 0.3) is 5.92 Å². The van der Waals surface area contributed by atoms with Crippen molar-refractivity contribution in [1.29, 1.82) is 5.26 Å². The summed E-state index contributed by atoms with van der Waals surface area (Å²) in [5.74, 6) is -4.72. The first-order valence-corrected chi connectivity index (χ1v) is 15.6. The molecule has 0 saturated carbocycles. The fraction of sp³-hybridized carbons (Fsp3) is 0.433. The molecule has 45 heavy (non-hydrogen) atoms. The molecule has 8 rings (SSSR count). The third-order valence-corrected chi connectivity index (χ3v) is 10.8. The Morgan fingerprint density at radius 2 is 2.04 bits per heavy atom. The van der Waals surface area contributed by atoms with Crippen LogP contribution in [-0.2, 0) is 0 Å². The van der Waals surface area contributed by atoms with E-state index in [4.69, 9.17) is 26.8 Å². The Hall–Kier alpha value is -3.67. The van der Waals surface area contributed by atoms with Gasteiger partial charge in [-0.3, -0.25) is 4.90 Å². The van der Waals surface area contributed by atoms with Crippen LogP contribution in [0.4, 0.5) is 32.8 Å². The van der Waals surface area contributed by atoms with Crippen molar-refractivity contribution in [1.82, 2.24) is 14.9 Å². The summed E-state index contributed by atoms with van der Waals surface area (Å²) < 4.78 is 87.7. The van der Waals surface area contributed by atoms with Gasteiger partial charge in [-0.25, -0.2) is 22.0 Å². The van der Waals surface area contributed by atoms with Crippen molar-refractivity contribution in [2.75, 3.05) is 43.5 Å². The van der Waals surface area contributed by atoms with Gasteiger partial charge in [0, 0.05) is 30.3 Å². The molecule has 8 nitrogen and oxygen atoms in total. The van der Waals surface area contributed by atoms with Crippen LogP contribution in [0.3, 0.4) is 0 Å². The van der Waals surface area contributed by atoms with E-state index in [0.29, 0.717) is 13.0 Å². The minimum Gasteiger partial charge on any atom is -0.489 e. The van der Waals surface area contributed by atoms with E-state index in [0.717, 1.165) is 30.4 Å². The van der Waals surface area contributed by atoms with Crippen LogP contribution in [0.1, 0.15) is 31.2 Å². The SMILES string of the molecule is N#Cc1c(N)sc2c(F)ccc(-c3c(Cl)c4c5c(nc(OC[C@@]67CCCN6C[C@H](F)C7)nc5c3F)N3CC(F)(F)C[C@H]3CO4)c12. The highest BCUT2D eigenvalue weighted by molar-refractivity contribution is 7.23. The van der Waals surface area contributed by atoms with E-state index in [2.05, 4.69) is 9.97 Å². The summed E-state index contributed by atoms with van der Waals surface area (Å²) in [5, 5.41) is 9.74. The quantitative estimate of drug-likeness (QED) is 0.249. The molecular weight excluding hydrogens is 639 g/mol. The summed E-state index contributed by atoms with van der Waals surface area (Å²) in [6.45, 7) is 0.151. The van der Waals surface area contributed by atoms with Crippen molar-refractivity contribution in [2.24, 2.45) is 0 Å². The number of aromatic nitrogens is 2. The van der Waals surface area contributed by atoms with Crippen LogP contribution in [0.2, 0.25) is 5.02 Å². The van der Waals surface area contributed by atoms with Crippen molar-refractivity contribution in [3.05, 3.63) is 34.4 Å². The maximum Gasteiger partial charge on any atom is 0.319 e. The van der Waals surface area contributed by atoms with Crippen LogP contribution >= 0.6 is 22.9 Å². The standard InChI is InChI=1S/C30H24ClF5N6O2S/c31-21-19(15-2-3-17(33)25-18(15)16(8-37)26(38)45-25)22(34)23-20-24(21)43-10-14-7-30(35,36)11-42(14)27(20)40-28(39-23)44-12-29-4-1-5-41(29)9-13(32)6-29/h2-3,13-14H,1,4-7,9-12,38H2/t13-,14+,29+/m1/s1. The van der Waals surface area contributed by atoms with E-state index in [9.17, 15) is 22.8 Å². The second-order valence-electron chi connectivity index (χ2n) is 12.2. The molecule has 6 heterocycles. The van der Waals surface area contributed by atoms with Gasteiger partial charge >= 0.3 is 6.01 Å². The highest BCUT2D eigenvalue weighted by Gasteiger charge is 2.50. The predicted octanol–water partition coefficient (Wildman–Crippen LogP) is 6.46. The lowest BCUT2D eigenvalue weighted by Gasteiger charge is -2.31. The largest absolute Gasteiger partial charge is 0.489 e. The number of benzene rings is 2. The summed E-state index contributed by atoms with van der Waals surface area (Å²) >= 11 is 7.71. The number of anilines is 2. The molecule has 3 atom stereocenters. The average molecular weight is 663 g/mol. The zero-order chi connectivity index (χ0) is 31.4. The van der Waals surface area contributed by atoms with Gasteiger partial charge in [0.2, 0.25) is 0 Å². The second-order valence-corrected chi connectivity index (χ2v) is 13.6. The number of ether oxygens (including phenoxy) is 2. The molecule has 0 spiro atoms. The van der Waals surface area contributed by atoms with Gasteiger partial charge in [0.15, 0.2) is 11.6 Å². The molecule has 0 amide bonds. The number of hydrogen-bond donors (Lipinski definition) is 1. The fourth-order valence-electron chi connectivity index (χ4n) is 7.51. The third kappa shape index (κ3) is 4.23. The highest BCUT2D eigenvalue weighted by Crippen LogP contribution is 2.52. The molecule has 0 aliphatic carbocycles. The molecule has 4 aromatic rings. The smallest absolute Gasteiger partial charge is 0.319 e. The highest BCUT2D eigenvalue weighted by atomic mass is 35.5. The molecule has 3 saturated heterocycles. The average Bonchev–Trinajstić information content (AvgIpc) is 3.69. The fourth-order valence-corrected chi connectivity index (χ4v) is 8.79. The van der Waals surface area contributed by atoms with Gasteiger partial charge in [-0.15, -0.1) is 11.3 Å². The Morgan fingerprint density at radius 3 is 2.84 bits per heavy atom. The van der Waals surface area contributed by atoms with Crippen molar-refractivity contribution in [3.63, 3.8) is 0 Å². The van der Waals surface area contributed by atoms with Crippen molar-refractivity contribution >= 4 is 54.7 Å². The monoisotopic (exact) mass is 662 g/mol. The van der Waals surface area contributed by atoms with Gasteiger partial charge in [0.1, 0.15) is 47.6 Å². The number of fused-ring (bicyclic) bond motifs is 4.